The maximum Gasteiger partial charge on any atom is 0.164 e. The van der Waals surface area contributed by atoms with Crippen molar-refractivity contribution >= 4 is 16.3 Å². The number of allylic oxidation sites excluding steroid dienone is 12. The second-order valence-electron chi connectivity index (χ2n) is 11.9. The molecule has 4 atom stereocenters. The van der Waals surface area contributed by atoms with E-state index in [1.807, 2.05) is 24.3 Å². The molecular weight excluding hydrogens is 550 g/mol. The van der Waals surface area contributed by atoms with Crippen LogP contribution >= 0.6 is 0 Å². The standard InChI is InChI=1S/C41H33N3O/c1-3-26-16-23-33(24-27(26)4-2)40-42-39(30-20-17-29(18-21-30)32-22-19-28-10-5-6-11-31(28)25-32)43-41(44-40)35-13-9-15-37-38(35)34-12-7-8-14-36(34)45-37/h3-17,19-22,24-25,29,33-34,36H,1-2,18,23H2. The van der Waals surface area contributed by atoms with Crippen molar-refractivity contribution in [3.8, 4) is 17.1 Å². The summed E-state index contributed by atoms with van der Waals surface area (Å²) in [5.41, 5.74) is 6.60. The normalized spacial score (nSPS) is 23.0. The molecule has 0 spiro atoms. The van der Waals surface area contributed by atoms with Crippen molar-refractivity contribution in [1.82, 2.24) is 15.0 Å². The zero-order valence-corrected chi connectivity index (χ0v) is 25.0. The summed E-state index contributed by atoms with van der Waals surface area (Å²) < 4.78 is 6.33. The second-order valence-corrected chi connectivity index (χ2v) is 11.9. The number of nitrogens with zero attached hydrogens (tertiary/aromatic N) is 3. The number of aromatic nitrogens is 3. The fraction of sp³-hybridized carbons (Fsp3) is 0.146. The van der Waals surface area contributed by atoms with Gasteiger partial charge in [0.2, 0.25) is 0 Å². The van der Waals surface area contributed by atoms with Gasteiger partial charge in [-0.05, 0) is 52.5 Å². The summed E-state index contributed by atoms with van der Waals surface area (Å²) in [6.07, 6.45) is 25.0. The maximum absolute atomic E-state index is 6.33. The Morgan fingerprint density at radius 3 is 2.40 bits per heavy atom. The van der Waals surface area contributed by atoms with E-state index >= 15 is 0 Å². The van der Waals surface area contributed by atoms with Crippen LogP contribution in [-0.2, 0) is 0 Å². The van der Waals surface area contributed by atoms with Gasteiger partial charge >= 0.3 is 0 Å². The molecule has 4 unspecified atom stereocenters. The van der Waals surface area contributed by atoms with Crippen molar-refractivity contribution in [2.45, 2.75) is 36.7 Å². The molecule has 218 valence electrons. The van der Waals surface area contributed by atoms with E-state index in [2.05, 4.69) is 116 Å². The molecule has 4 heteroatoms. The van der Waals surface area contributed by atoms with E-state index in [4.69, 9.17) is 19.7 Å². The Morgan fingerprint density at radius 1 is 0.733 bits per heavy atom. The molecule has 8 rings (SSSR count). The van der Waals surface area contributed by atoms with Gasteiger partial charge in [0.25, 0.3) is 0 Å². The molecule has 0 N–H and O–H groups in total. The van der Waals surface area contributed by atoms with E-state index in [0.717, 1.165) is 52.3 Å². The largest absolute Gasteiger partial charge is 0.485 e. The van der Waals surface area contributed by atoms with Crippen LogP contribution in [0.1, 0.15) is 53.4 Å². The van der Waals surface area contributed by atoms with E-state index in [1.165, 1.54) is 16.3 Å². The lowest BCUT2D eigenvalue weighted by molar-refractivity contribution is 0.269. The minimum absolute atomic E-state index is 0.000938. The monoisotopic (exact) mass is 583 g/mol. The smallest absolute Gasteiger partial charge is 0.164 e. The summed E-state index contributed by atoms with van der Waals surface area (Å²) in [5.74, 6) is 3.45. The van der Waals surface area contributed by atoms with Crippen molar-refractivity contribution in [2.75, 3.05) is 0 Å². The summed E-state index contributed by atoms with van der Waals surface area (Å²) in [4.78, 5) is 15.4. The van der Waals surface area contributed by atoms with Gasteiger partial charge in [-0.2, -0.15) is 0 Å². The first-order valence-corrected chi connectivity index (χ1v) is 15.6. The van der Waals surface area contributed by atoms with E-state index < -0.39 is 0 Å². The van der Waals surface area contributed by atoms with E-state index in [1.54, 1.807) is 0 Å². The quantitative estimate of drug-likeness (QED) is 0.227. The van der Waals surface area contributed by atoms with Gasteiger partial charge in [0.05, 0.1) is 0 Å². The molecule has 3 aliphatic carbocycles. The minimum Gasteiger partial charge on any atom is -0.485 e. The molecule has 3 aromatic carbocycles. The molecule has 2 heterocycles. The Balaban J connectivity index is 1.19. The van der Waals surface area contributed by atoms with Gasteiger partial charge in [-0.15, -0.1) is 0 Å². The van der Waals surface area contributed by atoms with Gasteiger partial charge in [0.15, 0.2) is 11.6 Å². The predicted octanol–water partition coefficient (Wildman–Crippen LogP) is 9.50. The summed E-state index contributed by atoms with van der Waals surface area (Å²) in [5, 5.41) is 2.53. The van der Waals surface area contributed by atoms with Gasteiger partial charge in [-0.3, -0.25) is 0 Å². The third kappa shape index (κ3) is 4.93. The summed E-state index contributed by atoms with van der Waals surface area (Å²) >= 11 is 0. The summed E-state index contributed by atoms with van der Waals surface area (Å²) in [7, 11) is 0. The molecule has 4 nitrogen and oxygen atoms in total. The van der Waals surface area contributed by atoms with Crippen molar-refractivity contribution in [2.24, 2.45) is 0 Å². The summed E-state index contributed by atoms with van der Waals surface area (Å²) in [6, 6.07) is 21.5. The number of rotatable bonds is 6. The van der Waals surface area contributed by atoms with Gasteiger partial charge in [-0.1, -0.05) is 129 Å². The highest BCUT2D eigenvalue weighted by Crippen LogP contribution is 2.46. The van der Waals surface area contributed by atoms with Crippen molar-refractivity contribution in [3.05, 3.63) is 175 Å². The molecular formula is C41H33N3O. The van der Waals surface area contributed by atoms with Crippen LogP contribution in [0, 0.1) is 0 Å². The van der Waals surface area contributed by atoms with E-state index in [-0.39, 0.29) is 17.9 Å². The van der Waals surface area contributed by atoms with Crippen LogP contribution in [0.5, 0.6) is 5.75 Å². The van der Waals surface area contributed by atoms with Crippen LogP contribution in [0.25, 0.3) is 27.7 Å². The fourth-order valence-corrected chi connectivity index (χ4v) is 6.89. The molecule has 4 aliphatic rings. The molecule has 45 heavy (non-hydrogen) atoms. The third-order valence-electron chi connectivity index (χ3n) is 9.28. The average Bonchev–Trinajstić information content (AvgIpc) is 3.50. The molecule has 0 fully saturated rings. The van der Waals surface area contributed by atoms with Gasteiger partial charge in [0.1, 0.15) is 17.7 Å². The zero-order valence-electron chi connectivity index (χ0n) is 25.0. The average molecular weight is 584 g/mol. The predicted molar refractivity (Wildman–Crippen MR) is 183 cm³/mol. The number of ether oxygens (including phenoxy) is 1. The molecule has 0 amide bonds. The Kier molecular flexibility index (Phi) is 6.83. The lowest BCUT2D eigenvalue weighted by Crippen LogP contribution is -2.16. The highest BCUT2D eigenvalue weighted by molar-refractivity contribution is 5.83. The van der Waals surface area contributed by atoms with Crippen LogP contribution in [0.2, 0.25) is 0 Å². The van der Waals surface area contributed by atoms with Crippen LogP contribution in [0.3, 0.4) is 0 Å². The van der Waals surface area contributed by atoms with Crippen LogP contribution < -0.4 is 4.74 Å². The second kappa shape index (κ2) is 11.3. The Hall–Kier alpha value is -5.35. The Bertz CT molecular complexity index is 2060. The number of fused-ring (bicyclic) bond motifs is 4. The van der Waals surface area contributed by atoms with Crippen LogP contribution in [0.15, 0.2) is 152 Å². The zero-order chi connectivity index (χ0) is 30.3. The number of benzene rings is 3. The first-order chi connectivity index (χ1) is 22.2. The van der Waals surface area contributed by atoms with Gasteiger partial charge in [-0.25, -0.2) is 15.0 Å². The first-order valence-electron chi connectivity index (χ1n) is 15.6. The van der Waals surface area contributed by atoms with E-state index in [0.29, 0.717) is 17.6 Å². The Labute approximate surface area is 263 Å². The molecule has 0 saturated carbocycles. The number of hydrogen-bond donors (Lipinski definition) is 0. The molecule has 0 radical (unpaired) electrons. The first kappa shape index (κ1) is 27.2. The van der Waals surface area contributed by atoms with Crippen molar-refractivity contribution in [1.29, 1.82) is 0 Å². The minimum atomic E-state index is -0.0122. The van der Waals surface area contributed by atoms with Crippen LogP contribution in [0.4, 0.5) is 0 Å². The highest BCUT2D eigenvalue weighted by Gasteiger charge is 2.35. The molecule has 0 saturated heterocycles. The molecule has 1 aliphatic heterocycles. The topological polar surface area (TPSA) is 47.9 Å². The maximum atomic E-state index is 6.33. The SMILES string of the molecule is C=CC1=CCC(c2nc(C3=CCC(c4ccc5ccccc5c4)C=C3)nc(-c3cccc4c3C3C=CC=CC3O4)n2)C=C1C=C. The third-order valence-corrected chi connectivity index (χ3v) is 9.28. The number of hydrogen-bond acceptors (Lipinski definition) is 4. The Morgan fingerprint density at radius 2 is 1.56 bits per heavy atom. The van der Waals surface area contributed by atoms with Crippen molar-refractivity contribution in [3.63, 3.8) is 0 Å². The summed E-state index contributed by atoms with van der Waals surface area (Å²) in [6.45, 7) is 8.02. The lowest BCUT2D eigenvalue weighted by atomic mass is 9.88. The van der Waals surface area contributed by atoms with Gasteiger partial charge < -0.3 is 4.74 Å². The molecule has 0 bridgehead atoms. The molecule has 1 aromatic heterocycles. The van der Waals surface area contributed by atoms with Gasteiger partial charge in [0, 0.05) is 34.5 Å². The lowest BCUT2D eigenvalue weighted by Gasteiger charge is -2.21. The molecule has 4 aromatic rings. The highest BCUT2D eigenvalue weighted by atomic mass is 16.5. The van der Waals surface area contributed by atoms with Crippen LogP contribution in [-0.4, -0.2) is 21.1 Å². The van der Waals surface area contributed by atoms with Crippen molar-refractivity contribution < 1.29 is 4.74 Å². The van der Waals surface area contributed by atoms with E-state index in [9.17, 15) is 0 Å². The fourth-order valence-electron chi connectivity index (χ4n) is 6.89.